The van der Waals surface area contributed by atoms with E-state index in [1.54, 1.807) is 18.2 Å². The first-order valence-electron chi connectivity index (χ1n) is 6.01. The minimum atomic E-state index is -3.12. The van der Waals surface area contributed by atoms with Gasteiger partial charge in [-0.1, -0.05) is 32.8 Å². The van der Waals surface area contributed by atoms with Crippen LogP contribution in [-0.2, 0) is 9.84 Å². The van der Waals surface area contributed by atoms with Gasteiger partial charge >= 0.3 is 0 Å². The average molecular weight is 255 g/mol. The molecule has 3 nitrogen and oxygen atoms in total. The fourth-order valence-electron chi connectivity index (χ4n) is 1.68. The van der Waals surface area contributed by atoms with Crippen molar-refractivity contribution in [2.45, 2.75) is 31.6 Å². The van der Waals surface area contributed by atoms with E-state index in [0.29, 0.717) is 10.8 Å². The molecule has 96 valence electrons. The molecule has 0 aliphatic carbocycles. The van der Waals surface area contributed by atoms with Crippen molar-refractivity contribution in [2.75, 3.05) is 18.1 Å². The highest BCUT2D eigenvalue weighted by Crippen LogP contribution is 2.16. The summed E-state index contributed by atoms with van der Waals surface area (Å²) < 4.78 is 22.8. The number of rotatable bonds is 6. The van der Waals surface area contributed by atoms with Crippen molar-refractivity contribution in [3.05, 3.63) is 24.3 Å². The Morgan fingerprint density at radius 3 is 2.41 bits per heavy atom. The lowest BCUT2D eigenvalue weighted by atomic mass is 10.0. The topological polar surface area (TPSA) is 46.2 Å². The molecule has 0 bridgehead atoms. The number of sulfone groups is 1. The van der Waals surface area contributed by atoms with Gasteiger partial charge in [-0.3, -0.25) is 0 Å². The zero-order valence-corrected chi connectivity index (χ0v) is 11.5. The summed E-state index contributed by atoms with van der Waals surface area (Å²) in [5.41, 5.74) is 0.875. The van der Waals surface area contributed by atoms with Crippen LogP contribution in [0.5, 0.6) is 0 Å². The van der Waals surface area contributed by atoms with Crippen LogP contribution in [0.3, 0.4) is 0 Å². The van der Waals surface area contributed by atoms with Crippen LogP contribution in [0, 0.1) is 5.92 Å². The molecule has 0 aromatic heterocycles. The Balaban J connectivity index is 2.73. The van der Waals surface area contributed by atoms with E-state index in [1.807, 2.05) is 6.07 Å². The first-order chi connectivity index (χ1) is 7.97. The van der Waals surface area contributed by atoms with Crippen molar-refractivity contribution in [3.8, 4) is 0 Å². The molecule has 0 radical (unpaired) electrons. The van der Waals surface area contributed by atoms with Crippen molar-refractivity contribution in [3.63, 3.8) is 0 Å². The summed E-state index contributed by atoms with van der Waals surface area (Å²) in [7, 11) is -3.12. The van der Waals surface area contributed by atoms with Gasteiger partial charge in [-0.2, -0.15) is 0 Å². The quantitative estimate of drug-likeness (QED) is 0.850. The molecule has 0 atom stereocenters. The van der Waals surface area contributed by atoms with Crippen molar-refractivity contribution >= 4 is 15.5 Å². The summed E-state index contributed by atoms with van der Waals surface area (Å²) in [6.45, 7) is 5.23. The predicted molar refractivity (Wildman–Crippen MR) is 72.1 cm³/mol. The Bertz CT molecular complexity index is 450. The summed E-state index contributed by atoms with van der Waals surface area (Å²) in [4.78, 5) is 0.368. The smallest absolute Gasteiger partial charge is 0.175 e. The molecule has 17 heavy (non-hydrogen) atoms. The molecule has 0 aliphatic heterocycles. The van der Waals surface area contributed by atoms with E-state index in [0.717, 1.165) is 25.1 Å². The molecule has 0 spiro atoms. The highest BCUT2D eigenvalue weighted by Gasteiger charge is 2.08. The Hall–Kier alpha value is -1.03. The van der Waals surface area contributed by atoms with Crippen LogP contribution in [0.2, 0.25) is 0 Å². The van der Waals surface area contributed by atoms with E-state index < -0.39 is 9.84 Å². The Morgan fingerprint density at radius 1 is 1.24 bits per heavy atom. The van der Waals surface area contributed by atoms with Crippen LogP contribution in [0.1, 0.15) is 26.7 Å². The van der Waals surface area contributed by atoms with E-state index >= 15 is 0 Å². The molecule has 0 aliphatic rings. The summed E-state index contributed by atoms with van der Waals surface area (Å²) in [5.74, 6) is 0.636. The molecule has 0 unspecified atom stereocenters. The van der Waals surface area contributed by atoms with Crippen LogP contribution in [0.4, 0.5) is 5.69 Å². The van der Waals surface area contributed by atoms with E-state index in [4.69, 9.17) is 0 Å². The molecule has 4 heteroatoms. The van der Waals surface area contributed by atoms with Gasteiger partial charge in [0.15, 0.2) is 9.84 Å². The first kappa shape index (κ1) is 14.0. The standard InChI is InChI=1S/C13H21NO2S/c1-4-11(5-2)10-14-12-7-6-8-13(9-12)17(3,15)16/h6-9,11,14H,4-5,10H2,1-3H3. The van der Waals surface area contributed by atoms with Gasteiger partial charge in [0, 0.05) is 18.5 Å². The Kier molecular flexibility index (Phi) is 5.00. The summed E-state index contributed by atoms with van der Waals surface area (Å²) in [6.07, 6.45) is 3.50. The molecular weight excluding hydrogens is 234 g/mol. The van der Waals surface area contributed by atoms with Crippen LogP contribution in [-0.4, -0.2) is 21.2 Å². The fourth-order valence-corrected chi connectivity index (χ4v) is 2.34. The third-order valence-electron chi connectivity index (χ3n) is 3.01. The summed E-state index contributed by atoms with van der Waals surface area (Å²) >= 11 is 0. The molecule has 1 aromatic carbocycles. The fraction of sp³-hybridized carbons (Fsp3) is 0.538. The van der Waals surface area contributed by atoms with Gasteiger partial charge in [-0.15, -0.1) is 0 Å². The molecule has 0 fully saturated rings. The van der Waals surface area contributed by atoms with Gasteiger partial charge in [0.2, 0.25) is 0 Å². The van der Waals surface area contributed by atoms with Gasteiger partial charge < -0.3 is 5.32 Å². The van der Waals surface area contributed by atoms with E-state index in [1.165, 1.54) is 6.26 Å². The molecule has 0 saturated heterocycles. The maximum Gasteiger partial charge on any atom is 0.175 e. The third-order valence-corrected chi connectivity index (χ3v) is 4.12. The molecule has 0 saturated carbocycles. The summed E-state index contributed by atoms with van der Waals surface area (Å²) in [5, 5.41) is 3.29. The second kappa shape index (κ2) is 6.05. The largest absolute Gasteiger partial charge is 0.385 e. The second-order valence-corrected chi connectivity index (χ2v) is 6.38. The average Bonchev–Trinajstić information content (AvgIpc) is 2.30. The number of benzene rings is 1. The highest BCUT2D eigenvalue weighted by atomic mass is 32.2. The predicted octanol–water partition coefficient (Wildman–Crippen LogP) is 2.94. The molecular formula is C13H21NO2S. The van der Waals surface area contributed by atoms with Gasteiger partial charge in [-0.05, 0) is 24.1 Å². The van der Waals surface area contributed by atoms with Gasteiger partial charge in [0.05, 0.1) is 4.90 Å². The van der Waals surface area contributed by atoms with Crippen LogP contribution >= 0.6 is 0 Å². The van der Waals surface area contributed by atoms with E-state index in [-0.39, 0.29) is 0 Å². The van der Waals surface area contributed by atoms with Crippen molar-refractivity contribution in [2.24, 2.45) is 5.92 Å². The van der Waals surface area contributed by atoms with Gasteiger partial charge in [0.25, 0.3) is 0 Å². The highest BCUT2D eigenvalue weighted by molar-refractivity contribution is 7.90. The lowest BCUT2D eigenvalue weighted by molar-refractivity contribution is 0.519. The van der Waals surface area contributed by atoms with E-state index in [9.17, 15) is 8.42 Å². The molecule has 0 heterocycles. The van der Waals surface area contributed by atoms with Gasteiger partial charge in [-0.25, -0.2) is 8.42 Å². The van der Waals surface area contributed by atoms with Gasteiger partial charge in [0.1, 0.15) is 0 Å². The maximum atomic E-state index is 11.4. The van der Waals surface area contributed by atoms with E-state index in [2.05, 4.69) is 19.2 Å². The number of nitrogens with one attached hydrogen (secondary N) is 1. The molecule has 1 rings (SSSR count). The second-order valence-electron chi connectivity index (χ2n) is 4.36. The van der Waals surface area contributed by atoms with Crippen LogP contribution in [0.25, 0.3) is 0 Å². The summed E-state index contributed by atoms with van der Waals surface area (Å²) in [6, 6.07) is 6.98. The van der Waals surface area contributed by atoms with Crippen LogP contribution < -0.4 is 5.32 Å². The Morgan fingerprint density at radius 2 is 1.88 bits per heavy atom. The zero-order valence-electron chi connectivity index (χ0n) is 10.7. The number of hydrogen-bond donors (Lipinski definition) is 1. The molecule has 1 aromatic rings. The SMILES string of the molecule is CCC(CC)CNc1cccc(S(C)(=O)=O)c1. The molecule has 1 N–H and O–H groups in total. The minimum Gasteiger partial charge on any atom is -0.385 e. The van der Waals surface area contributed by atoms with Crippen LogP contribution in [0.15, 0.2) is 29.2 Å². The Labute approximate surface area is 104 Å². The minimum absolute atomic E-state index is 0.368. The lowest BCUT2D eigenvalue weighted by Crippen LogP contribution is -2.12. The number of anilines is 1. The van der Waals surface area contributed by atoms with Crippen molar-refractivity contribution in [1.82, 2.24) is 0 Å². The third kappa shape index (κ3) is 4.38. The monoisotopic (exact) mass is 255 g/mol. The maximum absolute atomic E-state index is 11.4. The molecule has 0 amide bonds. The van der Waals surface area contributed by atoms with Crippen molar-refractivity contribution in [1.29, 1.82) is 0 Å². The lowest BCUT2D eigenvalue weighted by Gasteiger charge is -2.14. The first-order valence-corrected chi connectivity index (χ1v) is 7.90. The zero-order chi connectivity index (χ0) is 12.9. The number of hydrogen-bond acceptors (Lipinski definition) is 3. The normalized spacial score (nSPS) is 11.8. The van der Waals surface area contributed by atoms with Crippen molar-refractivity contribution < 1.29 is 8.42 Å².